The lowest BCUT2D eigenvalue weighted by molar-refractivity contribution is -0.148. The van der Waals surface area contributed by atoms with Gasteiger partial charge in [-0.05, 0) is 31.6 Å². The number of rotatable bonds is 1. The summed E-state index contributed by atoms with van der Waals surface area (Å²) in [6, 6.07) is 0. The van der Waals surface area contributed by atoms with E-state index in [0.29, 0.717) is 19.3 Å². The van der Waals surface area contributed by atoms with Crippen molar-refractivity contribution in [3.8, 4) is 0 Å². The molecule has 2 unspecified atom stereocenters. The Morgan fingerprint density at radius 3 is 2.69 bits per heavy atom. The van der Waals surface area contributed by atoms with Gasteiger partial charge in [0.25, 0.3) is 0 Å². The van der Waals surface area contributed by atoms with Crippen LogP contribution in [0, 0.1) is 28.6 Å². The predicted octanol–water partition coefficient (Wildman–Crippen LogP) is 3.57. The van der Waals surface area contributed by atoms with Crippen molar-refractivity contribution in [2.75, 3.05) is 13.7 Å². The number of carbonyl (C=O) groups excluding carboxylic acids is 3. The van der Waals surface area contributed by atoms with Gasteiger partial charge < -0.3 is 9.47 Å². The Kier molecular flexibility index (Phi) is 4.06. The van der Waals surface area contributed by atoms with Crippen LogP contribution in [0.5, 0.6) is 0 Å². The Morgan fingerprint density at radius 2 is 2.00 bits per heavy atom. The molecule has 156 valence electrons. The highest BCUT2D eigenvalue weighted by Crippen LogP contribution is 2.68. The molecule has 6 atom stereocenters. The van der Waals surface area contributed by atoms with E-state index in [1.807, 2.05) is 0 Å². The maximum atomic E-state index is 12.9. The SMILES string of the molecule is COC(=O)[C@@H]1C=C2CC(=O)CC[C@]2(C)C2=CC[C@@]3(C)C(CC[C@]34CC(=O)CO4)C21. The van der Waals surface area contributed by atoms with Crippen LogP contribution >= 0.6 is 0 Å². The number of esters is 1. The fourth-order valence-corrected chi connectivity index (χ4v) is 7.41. The van der Waals surface area contributed by atoms with E-state index in [1.165, 1.54) is 12.7 Å². The zero-order valence-corrected chi connectivity index (χ0v) is 17.6. The van der Waals surface area contributed by atoms with E-state index >= 15 is 0 Å². The largest absolute Gasteiger partial charge is 0.469 e. The zero-order valence-electron chi connectivity index (χ0n) is 17.6. The first-order valence-corrected chi connectivity index (χ1v) is 10.9. The summed E-state index contributed by atoms with van der Waals surface area (Å²) in [7, 11) is 1.45. The first kappa shape index (κ1) is 19.2. The Bertz CT molecular complexity index is 868. The normalized spacial score (nSPS) is 46.0. The highest BCUT2D eigenvalue weighted by Gasteiger charge is 2.66. The van der Waals surface area contributed by atoms with Crippen LogP contribution in [0.4, 0.5) is 0 Å². The highest BCUT2D eigenvalue weighted by molar-refractivity contribution is 5.85. The average Bonchev–Trinajstić information content (AvgIpc) is 3.22. The molecule has 1 saturated heterocycles. The summed E-state index contributed by atoms with van der Waals surface area (Å²) in [6.07, 6.45) is 9.43. The predicted molar refractivity (Wildman–Crippen MR) is 106 cm³/mol. The number of allylic oxidation sites excluding steroid dienone is 3. The van der Waals surface area contributed by atoms with Gasteiger partial charge in [0, 0.05) is 36.0 Å². The van der Waals surface area contributed by atoms with Crippen molar-refractivity contribution in [2.45, 2.75) is 64.4 Å². The number of Topliss-reactive ketones (excluding diaryl/α,β-unsaturated/α-hetero) is 2. The van der Waals surface area contributed by atoms with E-state index in [1.54, 1.807) is 0 Å². The number of ether oxygens (including phenoxy) is 2. The zero-order chi connectivity index (χ0) is 20.6. The number of methoxy groups -OCH3 is 1. The number of ketones is 2. The van der Waals surface area contributed by atoms with E-state index in [-0.39, 0.29) is 52.7 Å². The maximum absolute atomic E-state index is 12.9. The highest BCUT2D eigenvalue weighted by atomic mass is 16.5. The summed E-state index contributed by atoms with van der Waals surface area (Å²) in [4.78, 5) is 37.2. The smallest absolute Gasteiger partial charge is 0.313 e. The van der Waals surface area contributed by atoms with E-state index in [0.717, 1.165) is 31.3 Å². The third kappa shape index (κ3) is 2.40. The van der Waals surface area contributed by atoms with Crippen LogP contribution in [0.3, 0.4) is 0 Å². The van der Waals surface area contributed by atoms with Crippen molar-refractivity contribution in [1.29, 1.82) is 0 Å². The molecule has 0 aromatic rings. The minimum atomic E-state index is -0.398. The standard InChI is InChI=1S/C24H30O5/c1-22-7-4-15(25)10-14(22)11-17(21(27)28-3)20-18(22)5-8-23(2)19(20)6-9-24(23)12-16(26)13-29-24/h5,11,17,19-20H,4,6-10,12-13H2,1-3H3/t17-,19?,20?,22+,23+,24+/m1/s1. The molecule has 0 N–H and O–H groups in total. The van der Waals surface area contributed by atoms with Crippen LogP contribution in [0.2, 0.25) is 0 Å². The van der Waals surface area contributed by atoms with Crippen LogP contribution in [0.1, 0.15) is 58.8 Å². The summed E-state index contributed by atoms with van der Waals surface area (Å²) >= 11 is 0. The Morgan fingerprint density at radius 1 is 1.21 bits per heavy atom. The van der Waals surface area contributed by atoms with Crippen molar-refractivity contribution in [3.63, 3.8) is 0 Å². The fraction of sp³-hybridized carbons (Fsp3) is 0.708. The van der Waals surface area contributed by atoms with E-state index in [2.05, 4.69) is 26.0 Å². The first-order valence-electron chi connectivity index (χ1n) is 10.9. The van der Waals surface area contributed by atoms with Gasteiger partial charge in [-0.2, -0.15) is 0 Å². The Balaban J connectivity index is 1.63. The van der Waals surface area contributed by atoms with Gasteiger partial charge >= 0.3 is 5.97 Å². The molecule has 1 aliphatic heterocycles. The van der Waals surface area contributed by atoms with E-state index in [4.69, 9.17) is 9.47 Å². The molecule has 2 saturated carbocycles. The first-order chi connectivity index (χ1) is 13.7. The molecular weight excluding hydrogens is 368 g/mol. The molecular formula is C24H30O5. The summed E-state index contributed by atoms with van der Waals surface area (Å²) in [5.74, 6) is 0.190. The second-order valence-corrected chi connectivity index (χ2v) is 10.2. The Labute approximate surface area is 171 Å². The summed E-state index contributed by atoms with van der Waals surface area (Å²) in [5, 5.41) is 0. The molecule has 5 aliphatic rings. The van der Waals surface area contributed by atoms with Crippen molar-refractivity contribution >= 4 is 17.5 Å². The topological polar surface area (TPSA) is 69.7 Å². The van der Waals surface area contributed by atoms with Crippen molar-refractivity contribution < 1.29 is 23.9 Å². The van der Waals surface area contributed by atoms with Gasteiger partial charge in [0.1, 0.15) is 12.4 Å². The second-order valence-electron chi connectivity index (χ2n) is 10.2. The van der Waals surface area contributed by atoms with Gasteiger partial charge in [0.2, 0.25) is 0 Å². The van der Waals surface area contributed by atoms with Crippen LogP contribution in [0.25, 0.3) is 0 Å². The van der Waals surface area contributed by atoms with Gasteiger partial charge in [-0.3, -0.25) is 14.4 Å². The van der Waals surface area contributed by atoms with Crippen molar-refractivity contribution in [2.24, 2.45) is 28.6 Å². The molecule has 0 bridgehead atoms. The number of hydrogen-bond donors (Lipinski definition) is 0. The molecule has 0 amide bonds. The van der Waals surface area contributed by atoms with Crippen LogP contribution in [-0.2, 0) is 23.9 Å². The van der Waals surface area contributed by atoms with Gasteiger partial charge in [-0.15, -0.1) is 0 Å². The molecule has 0 radical (unpaired) electrons. The van der Waals surface area contributed by atoms with Gasteiger partial charge in [-0.25, -0.2) is 0 Å². The molecule has 1 spiro atoms. The number of hydrogen-bond acceptors (Lipinski definition) is 5. The molecule has 5 heteroatoms. The summed E-state index contributed by atoms with van der Waals surface area (Å²) in [5.41, 5.74) is 1.71. The monoisotopic (exact) mass is 398 g/mol. The molecule has 5 nitrogen and oxygen atoms in total. The number of carbonyl (C=O) groups is 3. The van der Waals surface area contributed by atoms with Crippen molar-refractivity contribution in [1.82, 2.24) is 0 Å². The van der Waals surface area contributed by atoms with Crippen LogP contribution < -0.4 is 0 Å². The molecule has 5 rings (SSSR count). The summed E-state index contributed by atoms with van der Waals surface area (Å²) < 4.78 is 11.4. The lowest BCUT2D eigenvalue weighted by Crippen LogP contribution is -2.53. The molecule has 0 aromatic carbocycles. The quantitative estimate of drug-likeness (QED) is 0.499. The fourth-order valence-electron chi connectivity index (χ4n) is 7.41. The minimum absolute atomic E-state index is 0.0572. The average molecular weight is 398 g/mol. The molecule has 29 heavy (non-hydrogen) atoms. The third-order valence-corrected chi connectivity index (χ3v) is 9.13. The molecule has 3 fully saturated rings. The van der Waals surface area contributed by atoms with E-state index < -0.39 is 5.60 Å². The lowest BCUT2D eigenvalue weighted by atomic mass is 9.49. The van der Waals surface area contributed by atoms with Crippen LogP contribution in [-0.4, -0.2) is 36.9 Å². The van der Waals surface area contributed by atoms with Gasteiger partial charge in [0.15, 0.2) is 5.78 Å². The Hall–Kier alpha value is -1.75. The molecule has 1 heterocycles. The number of fused-ring (bicyclic) bond motifs is 6. The summed E-state index contributed by atoms with van der Waals surface area (Å²) in [6.45, 7) is 4.73. The van der Waals surface area contributed by atoms with Crippen molar-refractivity contribution in [3.05, 3.63) is 23.3 Å². The molecule has 0 aromatic heterocycles. The third-order valence-electron chi connectivity index (χ3n) is 9.13. The second kappa shape index (κ2) is 6.13. The van der Waals surface area contributed by atoms with Crippen LogP contribution in [0.15, 0.2) is 23.3 Å². The lowest BCUT2D eigenvalue weighted by Gasteiger charge is -2.55. The molecule has 4 aliphatic carbocycles. The minimum Gasteiger partial charge on any atom is -0.469 e. The van der Waals surface area contributed by atoms with E-state index in [9.17, 15) is 14.4 Å². The maximum Gasteiger partial charge on any atom is 0.313 e. The van der Waals surface area contributed by atoms with Gasteiger partial charge in [0.05, 0.1) is 18.6 Å². The van der Waals surface area contributed by atoms with Gasteiger partial charge in [-0.1, -0.05) is 37.1 Å².